The van der Waals surface area contributed by atoms with E-state index in [0.29, 0.717) is 0 Å². The Balaban J connectivity index is 1.89. The number of rotatable bonds is 4. The zero-order chi connectivity index (χ0) is 18.1. The molecule has 0 aliphatic carbocycles. The molecule has 4 rings (SSSR count). The first-order valence-electron chi connectivity index (χ1n) is 8.11. The third-order valence-corrected chi connectivity index (χ3v) is 6.70. The molecule has 0 amide bonds. The lowest BCUT2D eigenvalue weighted by atomic mass is 10.1. The Morgan fingerprint density at radius 3 is 2.46 bits per heavy atom. The largest absolute Gasteiger partial charge is 0.497 e. The number of benzene rings is 2. The molecule has 0 N–H and O–H groups in total. The highest BCUT2D eigenvalue weighted by atomic mass is 35.5. The number of ether oxygens (including phenoxy) is 1. The number of hydrogen-bond acceptors (Lipinski definition) is 4. The Hall–Kier alpha value is -2.14. The van der Waals surface area contributed by atoms with Gasteiger partial charge in [0.15, 0.2) is 0 Å². The Morgan fingerprint density at radius 1 is 1.04 bits per heavy atom. The lowest BCUT2D eigenvalue weighted by Gasteiger charge is -2.03. The average Bonchev–Trinajstić information content (AvgIpc) is 3.28. The van der Waals surface area contributed by atoms with Crippen LogP contribution in [0.3, 0.4) is 0 Å². The number of aromatic nitrogens is 1. The van der Waals surface area contributed by atoms with Gasteiger partial charge in [-0.2, -0.15) is 0 Å². The Kier molecular flexibility index (Phi) is 4.81. The molecule has 2 heterocycles. The molecular formula is C21H16ClNOS2. The summed E-state index contributed by atoms with van der Waals surface area (Å²) in [6.07, 6.45) is 0. The van der Waals surface area contributed by atoms with Crippen molar-refractivity contribution >= 4 is 34.3 Å². The van der Waals surface area contributed by atoms with E-state index in [1.807, 2.05) is 48.5 Å². The van der Waals surface area contributed by atoms with Crippen LogP contribution < -0.4 is 4.74 Å². The summed E-state index contributed by atoms with van der Waals surface area (Å²) in [7, 11) is 1.67. The van der Waals surface area contributed by atoms with Crippen molar-refractivity contribution in [2.75, 3.05) is 7.11 Å². The van der Waals surface area contributed by atoms with Crippen molar-refractivity contribution in [2.45, 2.75) is 6.92 Å². The SMILES string of the molecule is COc1ccc(-c2nc(-c3ccccc3Cl)sc2-c2cc(C)cs2)cc1. The van der Waals surface area contributed by atoms with E-state index in [-0.39, 0.29) is 0 Å². The highest BCUT2D eigenvalue weighted by Crippen LogP contribution is 2.44. The Morgan fingerprint density at radius 2 is 1.81 bits per heavy atom. The van der Waals surface area contributed by atoms with E-state index < -0.39 is 0 Å². The standard InChI is InChI=1S/C21H16ClNOS2/c1-13-11-18(25-12-13)20-19(14-7-9-15(24-2)10-8-14)23-21(26-20)16-5-3-4-6-17(16)22/h3-12H,1-2H3. The van der Waals surface area contributed by atoms with Crippen LogP contribution in [0.25, 0.3) is 31.6 Å². The van der Waals surface area contributed by atoms with Crippen LogP contribution in [0.4, 0.5) is 0 Å². The number of thiophene rings is 1. The van der Waals surface area contributed by atoms with E-state index in [0.717, 1.165) is 32.6 Å². The molecule has 5 heteroatoms. The molecular weight excluding hydrogens is 382 g/mol. The van der Waals surface area contributed by atoms with Crippen LogP contribution in [0.5, 0.6) is 5.75 Å². The van der Waals surface area contributed by atoms with E-state index in [4.69, 9.17) is 21.3 Å². The van der Waals surface area contributed by atoms with Gasteiger partial charge >= 0.3 is 0 Å². The number of thiazole rings is 1. The molecule has 0 saturated heterocycles. The molecule has 0 unspecified atom stereocenters. The van der Waals surface area contributed by atoms with Crippen molar-refractivity contribution < 1.29 is 4.74 Å². The third kappa shape index (κ3) is 3.28. The van der Waals surface area contributed by atoms with Crippen molar-refractivity contribution in [2.24, 2.45) is 0 Å². The molecule has 4 aromatic rings. The first kappa shape index (κ1) is 17.3. The normalized spacial score (nSPS) is 10.9. The smallest absolute Gasteiger partial charge is 0.126 e. The lowest BCUT2D eigenvalue weighted by molar-refractivity contribution is 0.415. The summed E-state index contributed by atoms with van der Waals surface area (Å²) in [5, 5.41) is 3.82. The molecule has 0 aliphatic rings. The number of hydrogen-bond donors (Lipinski definition) is 0. The van der Waals surface area contributed by atoms with Gasteiger partial charge in [0.25, 0.3) is 0 Å². The molecule has 0 fully saturated rings. The van der Waals surface area contributed by atoms with Gasteiger partial charge in [0.2, 0.25) is 0 Å². The van der Waals surface area contributed by atoms with Crippen molar-refractivity contribution in [1.82, 2.24) is 4.98 Å². The van der Waals surface area contributed by atoms with Crippen LogP contribution in [-0.4, -0.2) is 12.1 Å². The van der Waals surface area contributed by atoms with Gasteiger partial charge in [-0.1, -0.05) is 29.8 Å². The van der Waals surface area contributed by atoms with Gasteiger partial charge < -0.3 is 4.74 Å². The maximum atomic E-state index is 6.41. The summed E-state index contributed by atoms with van der Waals surface area (Å²) in [6.45, 7) is 2.11. The minimum Gasteiger partial charge on any atom is -0.497 e. The second kappa shape index (κ2) is 7.23. The molecule has 2 nitrogen and oxygen atoms in total. The first-order chi connectivity index (χ1) is 12.7. The molecule has 2 aromatic heterocycles. The molecule has 0 atom stereocenters. The maximum Gasteiger partial charge on any atom is 0.126 e. The molecule has 0 bridgehead atoms. The van der Waals surface area contributed by atoms with Gasteiger partial charge in [0.1, 0.15) is 10.8 Å². The molecule has 0 radical (unpaired) electrons. The summed E-state index contributed by atoms with van der Waals surface area (Å²) in [5.41, 5.74) is 4.28. The zero-order valence-corrected chi connectivity index (χ0v) is 16.7. The van der Waals surface area contributed by atoms with Crippen molar-refractivity contribution in [3.05, 3.63) is 70.6 Å². The van der Waals surface area contributed by atoms with Crippen LogP contribution in [0.1, 0.15) is 5.56 Å². The zero-order valence-electron chi connectivity index (χ0n) is 14.3. The van der Waals surface area contributed by atoms with Crippen LogP contribution >= 0.6 is 34.3 Å². The van der Waals surface area contributed by atoms with E-state index in [1.165, 1.54) is 15.3 Å². The van der Waals surface area contributed by atoms with Gasteiger partial charge in [-0.05, 0) is 54.3 Å². The predicted octanol–water partition coefficient (Wildman–Crippen LogP) is 7.18. The fraction of sp³-hybridized carbons (Fsp3) is 0.0952. The van der Waals surface area contributed by atoms with Crippen LogP contribution in [-0.2, 0) is 0 Å². The minimum atomic E-state index is 0.719. The number of nitrogens with zero attached hydrogens (tertiary/aromatic N) is 1. The molecule has 0 saturated carbocycles. The Labute approximate surface area is 165 Å². The van der Waals surface area contributed by atoms with Gasteiger partial charge in [-0.25, -0.2) is 4.98 Å². The van der Waals surface area contributed by atoms with Gasteiger partial charge in [0, 0.05) is 16.0 Å². The fourth-order valence-electron chi connectivity index (χ4n) is 2.73. The molecule has 0 spiro atoms. The van der Waals surface area contributed by atoms with E-state index in [9.17, 15) is 0 Å². The van der Waals surface area contributed by atoms with Crippen LogP contribution in [0.15, 0.2) is 60.0 Å². The molecule has 0 aliphatic heterocycles. The van der Waals surface area contributed by atoms with Gasteiger partial charge in [-0.3, -0.25) is 0 Å². The number of aryl methyl sites for hydroxylation is 1. The highest BCUT2D eigenvalue weighted by molar-refractivity contribution is 7.23. The number of methoxy groups -OCH3 is 1. The predicted molar refractivity (Wildman–Crippen MR) is 113 cm³/mol. The quantitative estimate of drug-likeness (QED) is 0.364. The Bertz CT molecular complexity index is 1050. The summed E-state index contributed by atoms with van der Waals surface area (Å²) in [5.74, 6) is 0.837. The second-order valence-corrected chi connectivity index (χ2v) is 8.21. The maximum absolute atomic E-state index is 6.41. The first-order valence-corrected chi connectivity index (χ1v) is 10.2. The van der Waals surface area contributed by atoms with E-state index in [1.54, 1.807) is 29.8 Å². The number of halogens is 1. The van der Waals surface area contributed by atoms with E-state index in [2.05, 4.69) is 18.4 Å². The van der Waals surface area contributed by atoms with Gasteiger partial charge in [-0.15, -0.1) is 22.7 Å². The monoisotopic (exact) mass is 397 g/mol. The minimum absolute atomic E-state index is 0.719. The molecule has 130 valence electrons. The third-order valence-electron chi connectivity index (χ3n) is 4.05. The summed E-state index contributed by atoms with van der Waals surface area (Å²) in [6, 6.07) is 18.1. The van der Waals surface area contributed by atoms with Crippen LogP contribution in [0.2, 0.25) is 5.02 Å². The summed E-state index contributed by atoms with van der Waals surface area (Å²) in [4.78, 5) is 7.35. The highest BCUT2D eigenvalue weighted by Gasteiger charge is 2.18. The topological polar surface area (TPSA) is 22.1 Å². The van der Waals surface area contributed by atoms with Gasteiger partial charge in [0.05, 0.1) is 22.7 Å². The molecule has 2 aromatic carbocycles. The summed E-state index contributed by atoms with van der Waals surface area (Å²) < 4.78 is 5.28. The summed E-state index contributed by atoms with van der Waals surface area (Å²) >= 11 is 9.84. The lowest BCUT2D eigenvalue weighted by Crippen LogP contribution is -1.85. The van der Waals surface area contributed by atoms with E-state index >= 15 is 0 Å². The van der Waals surface area contributed by atoms with Crippen LogP contribution in [0, 0.1) is 6.92 Å². The van der Waals surface area contributed by atoms with Crippen molar-refractivity contribution in [1.29, 1.82) is 0 Å². The second-order valence-electron chi connectivity index (χ2n) is 5.89. The van der Waals surface area contributed by atoms with Crippen molar-refractivity contribution in [3.63, 3.8) is 0 Å². The molecule has 26 heavy (non-hydrogen) atoms. The fourth-order valence-corrected chi connectivity index (χ4v) is 5.16. The van der Waals surface area contributed by atoms with Crippen molar-refractivity contribution in [3.8, 4) is 37.3 Å². The average molecular weight is 398 g/mol.